The number of primary amides is 1. The van der Waals surface area contributed by atoms with Crippen molar-refractivity contribution in [3.8, 4) is 0 Å². The summed E-state index contributed by atoms with van der Waals surface area (Å²) in [4.78, 5) is 14.9. The van der Waals surface area contributed by atoms with Gasteiger partial charge in [-0.25, -0.2) is 0 Å². The third-order valence-electron chi connectivity index (χ3n) is 1.94. The molecule has 2 N–H and O–H groups in total. The van der Waals surface area contributed by atoms with Gasteiger partial charge in [-0.05, 0) is 11.6 Å². The molecule has 12 heavy (non-hydrogen) atoms. The maximum atomic E-state index is 10.8. The van der Waals surface area contributed by atoms with E-state index in [-0.39, 0.29) is 5.91 Å². The zero-order valence-corrected chi connectivity index (χ0v) is 6.45. The van der Waals surface area contributed by atoms with E-state index >= 15 is 0 Å². The number of amides is 1. The molecule has 0 radical (unpaired) electrons. The highest BCUT2D eigenvalue weighted by molar-refractivity contribution is 6.13. The maximum Gasteiger partial charge on any atom is 0.246 e. The molecule has 3 nitrogen and oxygen atoms in total. The Kier molecular flexibility index (Phi) is 1.43. The lowest BCUT2D eigenvalue weighted by atomic mass is 10.0. The third-order valence-corrected chi connectivity index (χ3v) is 1.94. The molecule has 0 atom stereocenters. The maximum absolute atomic E-state index is 10.8. The van der Waals surface area contributed by atoms with Gasteiger partial charge in [-0.3, -0.25) is 9.79 Å². The molecular formula is C9H8N2O. The number of fused-ring (bicyclic) bond motifs is 1. The Morgan fingerprint density at radius 1 is 1.58 bits per heavy atom. The van der Waals surface area contributed by atoms with Crippen molar-refractivity contribution >= 4 is 11.6 Å². The summed E-state index contributed by atoms with van der Waals surface area (Å²) in [5.41, 5.74) is 7.72. The van der Waals surface area contributed by atoms with E-state index in [1.54, 1.807) is 6.20 Å². The minimum Gasteiger partial charge on any atom is -0.366 e. The quantitative estimate of drug-likeness (QED) is 0.603. The van der Waals surface area contributed by atoms with Crippen LogP contribution in [-0.2, 0) is 4.79 Å². The van der Waals surface area contributed by atoms with Crippen molar-refractivity contribution in [2.75, 3.05) is 0 Å². The first-order valence-electron chi connectivity index (χ1n) is 3.71. The fourth-order valence-corrected chi connectivity index (χ4v) is 1.27. The number of nitrogens with two attached hydrogens (primary N) is 1. The molecule has 0 bridgehead atoms. The first-order chi connectivity index (χ1) is 5.77. The average Bonchev–Trinajstić information content (AvgIpc) is 2.49. The number of carbonyl (C=O) groups excluding carboxylic acids is 1. The van der Waals surface area contributed by atoms with Crippen LogP contribution in [0, 0.1) is 0 Å². The lowest BCUT2D eigenvalue weighted by Gasteiger charge is -2.09. The molecule has 0 aromatic heterocycles. The van der Waals surface area contributed by atoms with Gasteiger partial charge in [-0.15, -0.1) is 0 Å². The molecule has 0 aromatic carbocycles. The Morgan fingerprint density at radius 3 is 3.17 bits per heavy atom. The van der Waals surface area contributed by atoms with Crippen molar-refractivity contribution in [3.63, 3.8) is 0 Å². The van der Waals surface area contributed by atoms with E-state index in [0.717, 1.165) is 11.3 Å². The van der Waals surface area contributed by atoms with Crippen molar-refractivity contribution in [2.45, 2.75) is 6.42 Å². The van der Waals surface area contributed by atoms with Crippen LogP contribution in [0.3, 0.4) is 0 Å². The first-order valence-corrected chi connectivity index (χ1v) is 3.71. The summed E-state index contributed by atoms with van der Waals surface area (Å²) in [5, 5.41) is 0. The fourth-order valence-electron chi connectivity index (χ4n) is 1.27. The summed E-state index contributed by atoms with van der Waals surface area (Å²) >= 11 is 0. The fraction of sp³-hybridized carbons (Fsp3) is 0.111. The summed E-state index contributed by atoms with van der Waals surface area (Å²) in [6, 6.07) is 0. The third kappa shape index (κ3) is 0.993. The zero-order chi connectivity index (χ0) is 8.55. The van der Waals surface area contributed by atoms with E-state index in [9.17, 15) is 4.79 Å². The van der Waals surface area contributed by atoms with Gasteiger partial charge < -0.3 is 5.73 Å². The molecule has 2 rings (SSSR count). The van der Waals surface area contributed by atoms with E-state index in [2.05, 4.69) is 4.99 Å². The standard InChI is InChI=1S/C9H8N2O/c10-9(12)7-4-6-2-1-3-8(6)11-5-7/h1-3,5H,4H2,(H2,10,12). The lowest BCUT2D eigenvalue weighted by Crippen LogP contribution is -2.17. The number of allylic oxidation sites excluding steroid dienone is 4. The van der Waals surface area contributed by atoms with Crippen LogP contribution < -0.4 is 5.73 Å². The largest absolute Gasteiger partial charge is 0.366 e. The number of nitrogens with zero attached hydrogens (tertiary/aromatic N) is 1. The minimum atomic E-state index is -0.384. The topological polar surface area (TPSA) is 55.5 Å². The second-order valence-corrected chi connectivity index (χ2v) is 2.76. The van der Waals surface area contributed by atoms with Crippen molar-refractivity contribution in [1.82, 2.24) is 0 Å². The van der Waals surface area contributed by atoms with Gasteiger partial charge in [-0.2, -0.15) is 0 Å². The van der Waals surface area contributed by atoms with Crippen LogP contribution in [0.4, 0.5) is 0 Å². The highest BCUT2D eigenvalue weighted by Crippen LogP contribution is 2.21. The highest BCUT2D eigenvalue weighted by atomic mass is 16.1. The van der Waals surface area contributed by atoms with Gasteiger partial charge in [0.25, 0.3) is 0 Å². The van der Waals surface area contributed by atoms with E-state index in [1.807, 2.05) is 18.2 Å². The van der Waals surface area contributed by atoms with Crippen LogP contribution >= 0.6 is 0 Å². The molecule has 0 unspecified atom stereocenters. The molecule has 1 amide bonds. The molecule has 0 spiro atoms. The number of rotatable bonds is 1. The van der Waals surface area contributed by atoms with E-state index in [1.165, 1.54) is 0 Å². The second kappa shape index (κ2) is 2.44. The molecule has 0 saturated carbocycles. The molecule has 1 aliphatic heterocycles. The van der Waals surface area contributed by atoms with E-state index in [4.69, 9.17) is 5.73 Å². The first kappa shape index (κ1) is 7.03. The average molecular weight is 160 g/mol. The van der Waals surface area contributed by atoms with Gasteiger partial charge in [0.05, 0.1) is 5.71 Å². The molecule has 0 saturated heterocycles. The highest BCUT2D eigenvalue weighted by Gasteiger charge is 2.16. The van der Waals surface area contributed by atoms with Crippen molar-refractivity contribution < 1.29 is 4.79 Å². The Labute approximate surface area is 70.0 Å². The predicted octanol–water partition coefficient (Wildman–Crippen LogP) is 0.697. The molecule has 0 aromatic rings. The van der Waals surface area contributed by atoms with Crippen LogP contribution in [0.5, 0.6) is 0 Å². The smallest absolute Gasteiger partial charge is 0.246 e. The summed E-state index contributed by atoms with van der Waals surface area (Å²) in [6.07, 6.45) is 7.95. The summed E-state index contributed by atoms with van der Waals surface area (Å²) < 4.78 is 0. The van der Waals surface area contributed by atoms with Crippen LogP contribution in [0.25, 0.3) is 0 Å². The summed E-state index contributed by atoms with van der Waals surface area (Å²) in [5.74, 6) is -0.384. The van der Waals surface area contributed by atoms with Crippen LogP contribution in [0.2, 0.25) is 0 Å². The summed E-state index contributed by atoms with van der Waals surface area (Å²) in [7, 11) is 0. The molecular weight excluding hydrogens is 152 g/mol. The number of carbonyl (C=O) groups is 1. The number of aliphatic imine (C=N–C) groups is 1. The molecule has 0 fully saturated rings. The van der Waals surface area contributed by atoms with Crippen LogP contribution in [-0.4, -0.2) is 11.6 Å². The van der Waals surface area contributed by atoms with Crippen molar-refractivity contribution in [1.29, 1.82) is 0 Å². The van der Waals surface area contributed by atoms with E-state index < -0.39 is 0 Å². The Morgan fingerprint density at radius 2 is 2.42 bits per heavy atom. The lowest BCUT2D eigenvalue weighted by molar-refractivity contribution is -0.114. The van der Waals surface area contributed by atoms with Crippen molar-refractivity contribution in [3.05, 3.63) is 35.6 Å². The molecule has 1 aliphatic carbocycles. The Balaban J connectivity index is 2.33. The molecule has 60 valence electrons. The molecule has 3 heteroatoms. The van der Waals surface area contributed by atoms with Crippen molar-refractivity contribution in [2.24, 2.45) is 10.7 Å². The zero-order valence-electron chi connectivity index (χ0n) is 6.45. The number of hydrogen-bond donors (Lipinski definition) is 1. The molecule has 2 aliphatic rings. The number of hydrogen-bond acceptors (Lipinski definition) is 2. The monoisotopic (exact) mass is 160 g/mol. The minimum absolute atomic E-state index is 0.384. The molecule has 1 heterocycles. The normalized spacial score (nSPS) is 19.5. The SMILES string of the molecule is NC(=O)C1=CN=C2C=CC=C2C1. The van der Waals surface area contributed by atoms with Gasteiger partial charge >= 0.3 is 0 Å². The summed E-state index contributed by atoms with van der Waals surface area (Å²) in [6.45, 7) is 0. The van der Waals surface area contributed by atoms with Gasteiger partial charge in [0.2, 0.25) is 5.91 Å². The second-order valence-electron chi connectivity index (χ2n) is 2.76. The van der Waals surface area contributed by atoms with Crippen LogP contribution in [0.1, 0.15) is 6.42 Å². The predicted molar refractivity (Wildman–Crippen MR) is 46.6 cm³/mol. The van der Waals surface area contributed by atoms with Gasteiger partial charge in [0.1, 0.15) is 0 Å². The van der Waals surface area contributed by atoms with Gasteiger partial charge in [0, 0.05) is 18.2 Å². The van der Waals surface area contributed by atoms with Gasteiger partial charge in [-0.1, -0.05) is 12.2 Å². The van der Waals surface area contributed by atoms with Gasteiger partial charge in [0.15, 0.2) is 0 Å². The Hall–Kier alpha value is -1.64. The Bertz CT molecular complexity index is 359. The van der Waals surface area contributed by atoms with E-state index in [0.29, 0.717) is 12.0 Å². The van der Waals surface area contributed by atoms with Crippen LogP contribution in [0.15, 0.2) is 40.6 Å².